The van der Waals surface area contributed by atoms with Crippen LogP contribution < -0.4 is 5.32 Å². The van der Waals surface area contributed by atoms with Crippen molar-refractivity contribution in [3.8, 4) is 0 Å². The van der Waals surface area contributed by atoms with Gasteiger partial charge in [0.25, 0.3) is 0 Å². The van der Waals surface area contributed by atoms with Crippen molar-refractivity contribution in [3.05, 3.63) is 57.5 Å². The molecule has 1 amide bonds. The minimum atomic E-state index is -0.478. The van der Waals surface area contributed by atoms with Gasteiger partial charge < -0.3 is 5.32 Å². The highest BCUT2D eigenvalue weighted by Crippen LogP contribution is 2.23. The molecule has 23 heavy (non-hydrogen) atoms. The van der Waals surface area contributed by atoms with E-state index in [-0.39, 0.29) is 5.91 Å². The molecular weight excluding hydrogens is 310 g/mol. The summed E-state index contributed by atoms with van der Waals surface area (Å²) in [6.07, 6.45) is 0.549. The molecular formula is C16H17N5OS. The maximum atomic E-state index is 12.7. The molecule has 0 fully saturated rings. The first-order valence-electron chi connectivity index (χ1n) is 7.27. The second-order valence-electron chi connectivity index (χ2n) is 5.39. The molecule has 0 radical (unpaired) electrons. The van der Waals surface area contributed by atoms with Crippen molar-refractivity contribution in [1.82, 2.24) is 20.6 Å². The number of nitrogens with zero attached hydrogens (tertiary/aromatic N) is 3. The molecule has 2 heterocycles. The van der Waals surface area contributed by atoms with E-state index in [2.05, 4.69) is 25.9 Å². The Bertz CT molecular complexity index is 783. The van der Waals surface area contributed by atoms with Crippen LogP contribution in [0.15, 0.2) is 35.7 Å². The Balaban J connectivity index is 1.81. The molecule has 0 saturated heterocycles. The summed E-state index contributed by atoms with van der Waals surface area (Å²) in [5, 5.41) is 18.9. The zero-order chi connectivity index (χ0) is 16.2. The molecule has 0 bridgehead atoms. The van der Waals surface area contributed by atoms with Crippen LogP contribution in [0.4, 0.5) is 5.69 Å². The van der Waals surface area contributed by atoms with Gasteiger partial charge in [-0.25, -0.2) is 0 Å². The van der Waals surface area contributed by atoms with Crippen LogP contribution in [0, 0.1) is 13.8 Å². The Morgan fingerprint density at radius 3 is 2.83 bits per heavy atom. The predicted molar refractivity (Wildman–Crippen MR) is 89.5 cm³/mol. The number of rotatable bonds is 5. The summed E-state index contributed by atoms with van der Waals surface area (Å²) >= 11 is 1.61. The van der Waals surface area contributed by atoms with Gasteiger partial charge in [-0.1, -0.05) is 17.3 Å². The molecule has 1 atom stereocenters. The number of thiophene rings is 1. The molecule has 0 spiro atoms. The molecule has 0 saturated carbocycles. The summed E-state index contributed by atoms with van der Waals surface area (Å²) in [6.45, 7) is 4.06. The first-order valence-corrected chi connectivity index (χ1v) is 8.15. The van der Waals surface area contributed by atoms with Crippen LogP contribution in [-0.4, -0.2) is 26.5 Å². The first kappa shape index (κ1) is 15.4. The first-order chi connectivity index (χ1) is 11.1. The Morgan fingerprint density at radius 1 is 1.30 bits per heavy atom. The van der Waals surface area contributed by atoms with Gasteiger partial charge in [0.2, 0.25) is 5.91 Å². The minimum Gasteiger partial charge on any atom is -0.325 e. The van der Waals surface area contributed by atoms with Crippen molar-refractivity contribution < 1.29 is 4.79 Å². The van der Waals surface area contributed by atoms with Crippen LogP contribution >= 0.6 is 11.3 Å². The van der Waals surface area contributed by atoms with Gasteiger partial charge in [0, 0.05) is 17.0 Å². The summed E-state index contributed by atoms with van der Waals surface area (Å²) in [5.74, 6) is -0.211. The maximum Gasteiger partial charge on any atom is 0.235 e. The van der Waals surface area contributed by atoms with E-state index < -0.39 is 5.92 Å². The van der Waals surface area contributed by atoms with Crippen LogP contribution in [0.3, 0.4) is 0 Å². The Hall–Kier alpha value is -2.54. The van der Waals surface area contributed by atoms with E-state index in [1.807, 2.05) is 49.6 Å². The fourth-order valence-electron chi connectivity index (χ4n) is 2.30. The number of tetrazole rings is 1. The molecule has 0 aliphatic rings. The third-order valence-corrected chi connectivity index (χ3v) is 4.65. The van der Waals surface area contributed by atoms with Gasteiger partial charge >= 0.3 is 0 Å². The van der Waals surface area contributed by atoms with E-state index in [1.165, 1.54) is 5.56 Å². The van der Waals surface area contributed by atoms with Gasteiger partial charge in [0.15, 0.2) is 5.82 Å². The molecule has 0 aliphatic heterocycles. The van der Waals surface area contributed by atoms with Crippen molar-refractivity contribution in [2.45, 2.75) is 26.2 Å². The number of amides is 1. The summed E-state index contributed by atoms with van der Waals surface area (Å²) < 4.78 is 0. The fourth-order valence-corrected chi connectivity index (χ4v) is 3.05. The van der Waals surface area contributed by atoms with Gasteiger partial charge in [0.1, 0.15) is 5.92 Å². The number of hydrogen-bond acceptors (Lipinski definition) is 5. The molecule has 3 aromatic rings. The number of aryl methyl sites for hydroxylation is 2. The monoisotopic (exact) mass is 327 g/mol. The normalized spacial score (nSPS) is 12.1. The summed E-state index contributed by atoms with van der Waals surface area (Å²) in [7, 11) is 0. The summed E-state index contributed by atoms with van der Waals surface area (Å²) in [5.41, 5.74) is 3.10. The molecule has 2 N–H and O–H groups in total. The highest BCUT2D eigenvalue weighted by atomic mass is 32.1. The summed E-state index contributed by atoms with van der Waals surface area (Å²) in [6, 6.07) is 9.83. The number of anilines is 1. The Kier molecular flexibility index (Phi) is 4.47. The van der Waals surface area contributed by atoms with Gasteiger partial charge in [-0.2, -0.15) is 5.21 Å². The van der Waals surface area contributed by atoms with Crippen molar-refractivity contribution in [2.24, 2.45) is 0 Å². The van der Waals surface area contributed by atoms with Gasteiger partial charge in [-0.15, -0.1) is 21.5 Å². The van der Waals surface area contributed by atoms with E-state index in [0.717, 1.165) is 16.1 Å². The number of aromatic amines is 1. The fraction of sp³-hybridized carbons (Fsp3) is 0.250. The van der Waals surface area contributed by atoms with Gasteiger partial charge in [0.05, 0.1) is 0 Å². The number of carbonyl (C=O) groups excluding carboxylic acids is 1. The van der Waals surface area contributed by atoms with Crippen molar-refractivity contribution in [3.63, 3.8) is 0 Å². The second kappa shape index (κ2) is 6.70. The Labute approximate surface area is 137 Å². The number of aromatic nitrogens is 4. The van der Waals surface area contributed by atoms with E-state index in [9.17, 15) is 4.79 Å². The lowest BCUT2D eigenvalue weighted by atomic mass is 10.0. The summed E-state index contributed by atoms with van der Waals surface area (Å²) in [4.78, 5) is 13.8. The molecule has 2 aromatic heterocycles. The SMILES string of the molecule is Cc1ccc(NC(=O)C(Cc2cccs2)c2nn[nH]n2)cc1C. The third kappa shape index (κ3) is 3.62. The average molecular weight is 327 g/mol. The molecule has 3 rings (SSSR count). The maximum absolute atomic E-state index is 12.7. The molecule has 6 nitrogen and oxygen atoms in total. The van der Waals surface area contributed by atoms with Crippen molar-refractivity contribution in [2.75, 3.05) is 5.32 Å². The van der Waals surface area contributed by atoms with Crippen LogP contribution in [0.2, 0.25) is 0 Å². The number of hydrogen-bond donors (Lipinski definition) is 2. The lowest BCUT2D eigenvalue weighted by molar-refractivity contribution is -0.117. The van der Waals surface area contributed by atoms with Crippen LogP contribution in [0.5, 0.6) is 0 Å². The van der Waals surface area contributed by atoms with Gasteiger partial charge in [-0.3, -0.25) is 4.79 Å². The average Bonchev–Trinajstić information content (AvgIpc) is 3.21. The zero-order valence-corrected chi connectivity index (χ0v) is 13.7. The molecule has 7 heteroatoms. The molecule has 0 aliphatic carbocycles. The highest BCUT2D eigenvalue weighted by Gasteiger charge is 2.25. The van der Waals surface area contributed by atoms with Crippen LogP contribution in [-0.2, 0) is 11.2 Å². The zero-order valence-electron chi connectivity index (χ0n) is 12.9. The smallest absolute Gasteiger partial charge is 0.235 e. The van der Waals surface area contributed by atoms with E-state index in [4.69, 9.17) is 0 Å². The second-order valence-corrected chi connectivity index (χ2v) is 6.43. The lowest BCUT2D eigenvalue weighted by Gasteiger charge is -2.13. The van der Waals surface area contributed by atoms with E-state index >= 15 is 0 Å². The lowest BCUT2D eigenvalue weighted by Crippen LogP contribution is -2.24. The largest absolute Gasteiger partial charge is 0.325 e. The van der Waals surface area contributed by atoms with E-state index in [0.29, 0.717) is 12.2 Å². The molecule has 118 valence electrons. The van der Waals surface area contributed by atoms with Crippen LogP contribution in [0.25, 0.3) is 0 Å². The number of benzene rings is 1. The number of carbonyl (C=O) groups is 1. The number of H-pyrrole nitrogens is 1. The molecule has 1 aromatic carbocycles. The van der Waals surface area contributed by atoms with Gasteiger partial charge in [-0.05, 0) is 48.6 Å². The quantitative estimate of drug-likeness (QED) is 0.755. The highest BCUT2D eigenvalue weighted by molar-refractivity contribution is 7.09. The predicted octanol–water partition coefficient (Wildman–Crippen LogP) is 2.84. The standard InChI is InChI=1S/C16H17N5OS/c1-10-5-6-12(8-11(10)2)17-16(22)14(15-18-20-21-19-15)9-13-4-3-7-23-13/h3-8,14H,9H2,1-2H3,(H,17,22)(H,18,19,20,21). The van der Waals surface area contributed by atoms with E-state index in [1.54, 1.807) is 11.3 Å². The minimum absolute atomic E-state index is 0.136. The van der Waals surface area contributed by atoms with Crippen molar-refractivity contribution >= 4 is 22.9 Å². The van der Waals surface area contributed by atoms with Crippen molar-refractivity contribution in [1.29, 1.82) is 0 Å². The topological polar surface area (TPSA) is 83.6 Å². The number of nitrogens with one attached hydrogen (secondary N) is 2. The van der Waals surface area contributed by atoms with Crippen LogP contribution in [0.1, 0.15) is 27.7 Å². The molecule has 1 unspecified atom stereocenters. The Morgan fingerprint density at radius 2 is 2.17 bits per heavy atom. The third-order valence-electron chi connectivity index (χ3n) is 3.75.